The first-order valence-electron chi connectivity index (χ1n) is 12.0. The van der Waals surface area contributed by atoms with E-state index in [1.165, 1.54) is 12.8 Å². The number of hydrogen-bond acceptors (Lipinski definition) is 4. The average Bonchev–Trinajstić information content (AvgIpc) is 3.20. The van der Waals surface area contributed by atoms with E-state index in [4.69, 9.17) is 0 Å². The minimum atomic E-state index is -1.86. The molecule has 1 aromatic heterocycles. The minimum absolute atomic E-state index is 0.227. The first-order chi connectivity index (χ1) is 15.7. The van der Waals surface area contributed by atoms with Crippen LogP contribution in [-0.4, -0.2) is 36.8 Å². The van der Waals surface area contributed by atoms with Gasteiger partial charge >= 0.3 is 5.97 Å². The van der Waals surface area contributed by atoms with E-state index in [2.05, 4.69) is 17.1 Å². The Morgan fingerprint density at radius 2 is 1.55 bits per heavy atom. The van der Waals surface area contributed by atoms with Crippen LogP contribution >= 0.6 is 0 Å². The molecule has 0 bridgehead atoms. The highest BCUT2D eigenvalue weighted by molar-refractivity contribution is 5.79. The van der Waals surface area contributed by atoms with Gasteiger partial charge in [0.05, 0.1) is 5.69 Å². The van der Waals surface area contributed by atoms with E-state index in [0.717, 1.165) is 41.5 Å². The Morgan fingerprint density at radius 1 is 0.939 bits per heavy atom. The summed E-state index contributed by atoms with van der Waals surface area (Å²) in [7, 11) is 0. The summed E-state index contributed by atoms with van der Waals surface area (Å²) in [5.74, 6) is -1.76. The first-order valence-corrected chi connectivity index (χ1v) is 12.0. The van der Waals surface area contributed by atoms with Gasteiger partial charge < -0.3 is 10.2 Å². The fourth-order valence-corrected chi connectivity index (χ4v) is 4.85. The summed E-state index contributed by atoms with van der Waals surface area (Å²) in [6.07, 6.45) is 6.42. The SMILES string of the molecule is CCCCCCCCC(O)(C(=O)O)C(c1cccc(-n2nc3ccccc3n2)c1)C(C)(C)C. The molecule has 0 aliphatic rings. The Balaban J connectivity index is 1.92. The van der Waals surface area contributed by atoms with Gasteiger partial charge in [0.1, 0.15) is 11.0 Å². The zero-order valence-electron chi connectivity index (χ0n) is 20.3. The number of unbranched alkanes of at least 4 members (excludes halogenated alkanes) is 5. The van der Waals surface area contributed by atoms with Crippen molar-refractivity contribution in [3.8, 4) is 5.69 Å². The maximum atomic E-state index is 12.4. The quantitative estimate of drug-likeness (QED) is 0.343. The monoisotopic (exact) mass is 451 g/mol. The van der Waals surface area contributed by atoms with Crippen molar-refractivity contribution in [3.05, 3.63) is 54.1 Å². The third-order valence-electron chi connectivity index (χ3n) is 6.35. The van der Waals surface area contributed by atoms with Gasteiger partial charge in [-0.15, -0.1) is 10.2 Å². The van der Waals surface area contributed by atoms with E-state index in [0.29, 0.717) is 6.42 Å². The molecule has 0 saturated carbocycles. The summed E-state index contributed by atoms with van der Waals surface area (Å²) < 4.78 is 0. The van der Waals surface area contributed by atoms with Gasteiger partial charge in [-0.2, -0.15) is 4.80 Å². The second-order valence-electron chi connectivity index (χ2n) is 10.1. The van der Waals surface area contributed by atoms with Crippen molar-refractivity contribution < 1.29 is 15.0 Å². The van der Waals surface area contributed by atoms with E-state index < -0.39 is 22.9 Å². The number of carbonyl (C=O) groups is 1. The van der Waals surface area contributed by atoms with E-state index in [9.17, 15) is 15.0 Å². The lowest BCUT2D eigenvalue weighted by atomic mass is 9.65. The maximum Gasteiger partial charge on any atom is 0.336 e. The van der Waals surface area contributed by atoms with E-state index in [1.54, 1.807) is 4.80 Å². The number of carboxylic acid groups (broad SMARTS) is 1. The fraction of sp³-hybridized carbons (Fsp3) is 0.519. The summed E-state index contributed by atoms with van der Waals surface area (Å²) in [6.45, 7) is 8.13. The van der Waals surface area contributed by atoms with Crippen molar-refractivity contribution in [2.24, 2.45) is 5.41 Å². The Hall–Kier alpha value is -2.73. The predicted octanol–water partition coefficient (Wildman–Crippen LogP) is 6.12. The summed E-state index contributed by atoms with van der Waals surface area (Å²) >= 11 is 0. The zero-order chi connectivity index (χ0) is 24.1. The smallest absolute Gasteiger partial charge is 0.336 e. The van der Waals surface area contributed by atoms with Crippen LogP contribution in [0.1, 0.15) is 84.1 Å². The van der Waals surface area contributed by atoms with Crippen LogP contribution in [0.2, 0.25) is 0 Å². The van der Waals surface area contributed by atoms with Crippen molar-refractivity contribution >= 4 is 17.0 Å². The predicted molar refractivity (Wildman–Crippen MR) is 132 cm³/mol. The lowest BCUT2D eigenvalue weighted by molar-refractivity contribution is -0.166. The maximum absolute atomic E-state index is 12.4. The molecule has 3 rings (SSSR count). The van der Waals surface area contributed by atoms with Gasteiger partial charge in [0.15, 0.2) is 5.60 Å². The molecule has 0 fully saturated rings. The van der Waals surface area contributed by atoms with Crippen molar-refractivity contribution in [2.45, 2.75) is 84.2 Å². The van der Waals surface area contributed by atoms with E-state index in [-0.39, 0.29) is 6.42 Å². The fourth-order valence-electron chi connectivity index (χ4n) is 4.85. The Morgan fingerprint density at radius 3 is 2.12 bits per heavy atom. The van der Waals surface area contributed by atoms with Crippen LogP contribution < -0.4 is 0 Å². The Kier molecular flexibility index (Phi) is 7.90. The van der Waals surface area contributed by atoms with Crippen LogP contribution in [0.4, 0.5) is 0 Å². The summed E-state index contributed by atoms with van der Waals surface area (Å²) in [6, 6.07) is 15.2. The van der Waals surface area contributed by atoms with Crippen molar-refractivity contribution in [3.63, 3.8) is 0 Å². The second-order valence-corrected chi connectivity index (χ2v) is 10.1. The van der Waals surface area contributed by atoms with Gasteiger partial charge in [-0.25, -0.2) is 4.79 Å². The molecule has 6 nitrogen and oxygen atoms in total. The number of aliphatic carboxylic acids is 1. The number of carboxylic acids is 1. The third kappa shape index (κ3) is 5.80. The van der Waals surface area contributed by atoms with Crippen LogP contribution in [-0.2, 0) is 4.79 Å². The number of fused-ring (bicyclic) bond motifs is 1. The standard InChI is InChI=1S/C27H37N3O3/c1-5-6-7-8-9-12-18-27(33,25(31)32)24(26(2,3)4)20-14-13-15-21(19-20)30-28-22-16-10-11-17-23(22)29-30/h10-11,13-17,19,24,33H,5-9,12,18H2,1-4H3,(H,31,32). The Bertz CT molecular complexity index is 1040. The van der Waals surface area contributed by atoms with Crippen LogP contribution in [0, 0.1) is 5.41 Å². The molecule has 1 heterocycles. The number of hydrogen-bond donors (Lipinski definition) is 2. The first kappa shape index (κ1) is 24.9. The summed E-state index contributed by atoms with van der Waals surface area (Å²) in [5.41, 5.74) is 0.767. The molecule has 0 radical (unpaired) electrons. The highest BCUT2D eigenvalue weighted by Gasteiger charge is 2.49. The van der Waals surface area contributed by atoms with Crippen LogP contribution in [0.25, 0.3) is 16.7 Å². The third-order valence-corrected chi connectivity index (χ3v) is 6.35. The normalized spacial score (nSPS) is 14.8. The molecule has 0 aliphatic heterocycles. The number of aliphatic hydroxyl groups is 1. The van der Waals surface area contributed by atoms with E-state index in [1.807, 2.05) is 69.3 Å². The molecule has 2 N–H and O–H groups in total. The molecular weight excluding hydrogens is 414 g/mol. The van der Waals surface area contributed by atoms with Crippen molar-refractivity contribution in [1.82, 2.24) is 15.0 Å². The number of nitrogens with zero attached hydrogens (tertiary/aromatic N) is 3. The molecule has 3 aromatic rings. The molecule has 2 atom stereocenters. The van der Waals surface area contributed by atoms with Crippen LogP contribution in [0.5, 0.6) is 0 Å². The van der Waals surface area contributed by atoms with Crippen molar-refractivity contribution in [1.29, 1.82) is 0 Å². The molecule has 2 unspecified atom stereocenters. The Labute approximate surface area is 196 Å². The van der Waals surface area contributed by atoms with Crippen LogP contribution in [0.3, 0.4) is 0 Å². The van der Waals surface area contributed by atoms with Gasteiger partial charge in [0.2, 0.25) is 0 Å². The molecular formula is C27H37N3O3. The molecule has 2 aromatic carbocycles. The highest BCUT2D eigenvalue weighted by Crippen LogP contribution is 2.46. The van der Waals surface area contributed by atoms with Gasteiger partial charge in [-0.05, 0) is 48.1 Å². The molecule has 178 valence electrons. The summed E-state index contributed by atoms with van der Waals surface area (Å²) in [5, 5.41) is 30.9. The minimum Gasteiger partial charge on any atom is -0.479 e. The molecule has 0 saturated heterocycles. The summed E-state index contributed by atoms with van der Waals surface area (Å²) in [4.78, 5) is 14.0. The lowest BCUT2D eigenvalue weighted by Gasteiger charge is -2.41. The van der Waals surface area contributed by atoms with Gasteiger partial charge in [0, 0.05) is 5.92 Å². The highest BCUT2D eigenvalue weighted by atomic mass is 16.4. The van der Waals surface area contributed by atoms with Crippen LogP contribution in [0.15, 0.2) is 48.5 Å². The van der Waals surface area contributed by atoms with Gasteiger partial charge in [0.25, 0.3) is 0 Å². The topological polar surface area (TPSA) is 88.2 Å². The number of rotatable bonds is 11. The molecule has 0 amide bonds. The largest absolute Gasteiger partial charge is 0.479 e. The zero-order valence-corrected chi connectivity index (χ0v) is 20.3. The second kappa shape index (κ2) is 10.5. The lowest BCUT2D eigenvalue weighted by Crippen LogP contribution is -2.49. The van der Waals surface area contributed by atoms with Gasteiger partial charge in [-0.3, -0.25) is 0 Å². The van der Waals surface area contributed by atoms with E-state index >= 15 is 0 Å². The molecule has 33 heavy (non-hydrogen) atoms. The average molecular weight is 452 g/mol. The number of aromatic nitrogens is 3. The van der Waals surface area contributed by atoms with Crippen molar-refractivity contribution in [2.75, 3.05) is 0 Å². The number of benzene rings is 2. The molecule has 0 spiro atoms. The molecule has 0 aliphatic carbocycles. The van der Waals surface area contributed by atoms with Gasteiger partial charge in [-0.1, -0.05) is 84.1 Å². The molecule has 6 heteroatoms.